The number of rotatable bonds is 3. The Morgan fingerprint density at radius 2 is 1.12 bits per heavy atom. The summed E-state index contributed by atoms with van der Waals surface area (Å²) in [4.78, 5) is 0. The second-order valence-electron chi connectivity index (χ2n) is 11.0. The Labute approximate surface area is 243 Å². The van der Waals surface area contributed by atoms with Gasteiger partial charge in [0.25, 0.3) is 0 Å². The summed E-state index contributed by atoms with van der Waals surface area (Å²) in [7, 11) is 0. The first-order valence-corrected chi connectivity index (χ1v) is 14.5. The number of hydrogen-bond donors (Lipinski definition) is 0. The van der Waals surface area contributed by atoms with Crippen LogP contribution in [-0.2, 0) is 0 Å². The molecule has 196 valence electrons. The first-order valence-electron chi connectivity index (χ1n) is 14.5. The molecule has 2 heteroatoms. The minimum atomic E-state index is 1.17. The molecule has 0 aliphatic rings. The molecule has 0 bridgehead atoms. The summed E-state index contributed by atoms with van der Waals surface area (Å²) in [5.74, 6) is 0. The highest BCUT2D eigenvalue weighted by atomic mass is 15.0. The molecule has 7 aromatic carbocycles. The third-order valence-electron chi connectivity index (χ3n) is 8.72. The summed E-state index contributed by atoms with van der Waals surface area (Å²) in [5.41, 5.74) is 8.56. The van der Waals surface area contributed by atoms with Gasteiger partial charge in [-0.1, -0.05) is 103 Å². The Morgan fingerprint density at radius 1 is 0.405 bits per heavy atom. The van der Waals surface area contributed by atoms with Crippen LogP contribution < -0.4 is 0 Å². The molecule has 2 nitrogen and oxygen atoms in total. The van der Waals surface area contributed by atoms with Gasteiger partial charge in [-0.05, 0) is 70.4 Å². The highest BCUT2D eigenvalue weighted by Crippen LogP contribution is 2.42. The fourth-order valence-electron chi connectivity index (χ4n) is 6.84. The number of nitrogens with zero attached hydrogens (tertiary/aromatic N) is 2. The van der Waals surface area contributed by atoms with Crippen LogP contribution >= 0.6 is 0 Å². The fourth-order valence-corrected chi connectivity index (χ4v) is 6.84. The molecular formula is C40H26N2. The summed E-state index contributed by atoms with van der Waals surface area (Å²) < 4.78 is 4.74. The lowest BCUT2D eigenvalue weighted by atomic mass is 9.94. The monoisotopic (exact) mass is 534 g/mol. The van der Waals surface area contributed by atoms with Crippen LogP contribution in [0.2, 0.25) is 0 Å². The molecule has 2 aromatic heterocycles. The quantitative estimate of drug-likeness (QED) is 0.213. The summed E-state index contributed by atoms with van der Waals surface area (Å²) in [6.45, 7) is 0. The van der Waals surface area contributed by atoms with E-state index < -0.39 is 0 Å². The molecule has 9 rings (SSSR count). The van der Waals surface area contributed by atoms with E-state index >= 15 is 0 Å². The highest BCUT2D eigenvalue weighted by molar-refractivity contribution is 6.22. The molecule has 0 spiro atoms. The average Bonchev–Trinajstić information content (AvgIpc) is 3.63. The Morgan fingerprint density at radius 3 is 2.00 bits per heavy atom. The lowest BCUT2D eigenvalue weighted by Gasteiger charge is -2.15. The van der Waals surface area contributed by atoms with Gasteiger partial charge in [-0.15, -0.1) is 0 Å². The van der Waals surface area contributed by atoms with E-state index in [-0.39, 0.29) is 0 Å². The van der Waals surface area contributed by atoms with E-state index in [4.69, 9.17) is 0 Å². The van der Waals surface area contributed by atoms with Crippen LogP contribution in [0.25, 0.3) is 76.8 Å². The second kappa shape index (κ2) is 8.95. The van der Waals surface area contributed by atoms with Gasteiger partial charge in [0.2, 0.25) is 0 Å². The van der Waals surface area contributed by atoms with Gasteiger partial charge in [-0.3, -0.25) is 0 Å². The van der Waals surface area contributed by atoms with Crippen molar-refractivity contribution in [2.24, 2.45) is 0 Å². The van der Waals surface area contributed by atoms with E-state index in [0.29, 0.717) is 0 Å². The van der Waals surface area contributed by atoms with Gasteiger partial charge in [0, 0.05) is 38.8 Å². The van der Waals surface area contributed by atoms with Crippen molar-refractivity contribution in [3.8, 4) is 22.5 Å². The van der Waals surface area contributed by atoms with E-state index in [1.165, 1.54) is 76.8 Å². The molecule has 0 unspecified atom stereocenters. The predicted molar refractivity (Wildman–Crippen MR) is 178 cm³/mol. The molecule has 42 heavy (non-hydrogen) atoms. The highest BCUT2D eigenvalue weighted by Gasteiger charge is 2.19. The molecule has 0 N–H and O–H groups in total. The maximum absolute atomic E-state index is 2.47. The summed E-state index contributed by atoms with van der Waals surface area (Å²) in [6.07, 6.45) is 2.17. The van der Waals surface area contributed by atoms with Crippen molar-refractivity contribution in [1.29, 1.82) is 0 Å². The number of hydrogen-bond acceptors (Lipinski definition) is 0. The number of fused-ring (bicyclic) bond motifs is 7. The Bertz CT molecular complexity index is 2450. The van der Waals surface area contributed by atoms with Gasteiger partial charge in [0.05, 0.1) is 22.2 Å². The van der Waals surface area contributed by atoms with E-state index in [1.54, 1.807) is 0 Å². The van der Waals surface area contributed by atoms with Gasteiger partial charge < -0.3 is 9.13 Å². The van der Waals surface area contributed by atoms with Crippen molar-refractivity contribution in [2.45, 2.75) is 0 Å². The predicted octanol–water partition coefficient (Wildman–Crippen LogP) is 10.7. The first kappa shape index (κ1) is 23.1. The zero-order chi connectivity index (χ0) is 27.6. The van der Waals surface area contributed by atoms with Gasteiger partial charge in [-0.2, -0.15) is 0 Å². The van der Waals surface area contributed by atoms with Gasteiger partial charge in [-0.25, -0.2) is 0 Å². The molecular weight excluding hydrogens is 508 g/mol. The molecule has 0 saturated carbocycles. The average molecular weight is 535 g/mol. The van der Waals surface area contributed by atoms with E-state index in [0.717, 1.165) is 0 Å². The van der Waals surface area contributed by atoms with Crippen LogP contribution in [-0.4, -0.2) is 9.13 Å². The summed E-state index contributed by atoms with van der Waals surface area (Å²) in [6, 6.07) is 55.1. The molecule has 0 atom stereocenters. The minimum Gasteiger partial charge on any atom is -0.317 e. The van der Waals surface area contributed by atoms with Crippen LogP contribution in [0.5, 0.6) is 0 Å². The van der Waals surface area contributed by atoms with Gasteiger partial charge >= 0.3 is 0 Å². The summed E-state index contributed by atoms with van der Waals surface area (Å²) >= 11 is 0. The second-order valence-corrected chi connectivity index (χ2v) is 11.0. The third-order valence-corrected chi connectivity index (χ3v) is 8.72. The van der Waals surface area contributed by atoms with Crippen LogP contribution in [0.3, 0.4) is 0 Å². The maximum Gasteiger partial charge on any atom is 0.0620 e. The van der Waals surface area contributed by atoms with E-state index in [2.05, 4.69) is 167 Å². The van der Waals surface area contributed by atoms with E-state index in [1.807, 2.05) is 0 Å². The molecule has 0 radical (unpaired) electrons. The van der Waals surface area contributed by atoms with Crippen LogP contribution in [0.4, 0.5) is 0 Å². The first-order chi connectivity index (χ1) is 20.8. The molecule has 2 heterocycles. The van der Waals surface area contributed by atoms with Crippen molar-refractivity contribution in [3.05, 3.63) is 158 Å². The van der Waals surface area contributed by atoms with Gasteiger partial charge in [0.1, 0.15) is 0 Å². The van der Waals surface area contributed by atoms with Crippen molar-refractivity contribution >= 4 is 54.3 Å². The number of aromatic nitrogens is 2. The summed E-state index contributed by atoms with van der Waals surface area (Å²) in [5, 5.41) is 8.80. The van der Waals surface area contributed by atoms with Crippen LogP contribution in [0.15, 0.2) is 158 Å². The van der Waals surface area contributed by atoms with Crippen molar-refractivity contribution in [1.82, 2.24) is 9.13 Å². The lowest BCUT2D eigenvalue weighted by molar-refractivity contribution is 1.13. The zero-order valence-electron chi connectivity index (χ0n) is 22.9. The zero-order valence-corrected chi connectivity index (χ0v) is 22.9. The smallest absolute Gasteiger partial charge is 0.0620 e. The number of benzene rings is 7. The van der Waals surface area contributed by atoms with Crippen LogP contribution in [0.1, 0.15) is 0 Å². The maximum atomic E-state index is 2.47. The Balaban J connectivity index is 1.35. The molecule has 0 fully saturated rings. The lowest BCUT2D eigenvalue weighted by Crippen LogP contribution is -1.96. The minimum absolute atomic E-state index is 1.17. The van der Waals surface area contributed by atoms with E-state index in [9.17, 15) is 0 Å². The molecule has 0 saturated heterocycles. The third kappa shape index (κ3) is 3.33. The van der Waals surface area contributed by atoms with Gasteiger partial charge in [0.15, 0.2) is 0 Å². The SMILES string of the molecule is c1ccc(-n2ccc3cc(-c4cc5c6ccccc6n(-c6cccc7ccccc67)c5c5ccccc45)ccc32)cc1. The van der Waals surface area contributed by atoms with Crippen molar-refractivity contribution < 1.29 is 0 Å². The van der Waals surface area contributed by atoms with Crippen molar-refractivity contribution in [2.75, 3.05) is 0 Å². The molecule has 0 aliphatic heterocycles. The standard InChI is InChI=1S/C40H26N2/c1-2-13-30(14-3-1)41-24-23-29-25-28(21-22-37(29)41)35-26-36-33-17-8-9-19-39(33)42(40(36)34-18-7-6-16-32(34)35)38-20-10-12-27-11-4-5-15-31(27)38/h1-26H. The Kier molecular flexibility index (Phi) is 4.93. The molecule has 0 aliphatic carbocycles. The molecule has 9 aromatic rings. The molecule has 0 amide bonds. The van der Waals surface area contributed by atoms with Crippen LogP contribution in [0, 0.1) is 0 Å². The Hall–Kier alpha value is -5.60. The largest absolute Gasteiger partial charge is 0.317 e. The topological polar surface area (TPSA) is 9.86 Å². The normalized spacial score (nSPS) is 11.8. The van der Waals surface area contributed by atoms with Crippen molar-refractivity contribution in [3.63, 3.8) is 0 Å². The number of para-hydroxylation sites is 2. The fraction of sp³-hybridized carbons (Fsp3) is 0.